The van der Waals surface area contributed by atoms with Crippen LogP contribution in [0.25, 0.3) is 0 Å². The number of nitrogens with one attached hydrogen (secondary N) is 4. The summed E-state index contributed by atoms with van der Waals surface area (Å²) in [5.74, 6) is -0.418. The van der Waals surface area contributed by atoms with E-state index in [0.717, 1.165) is 56.1 Å². The zero-order valence-electron chi connectivity index (χ0n) is 32.8. The summed E-state index contributed by atoms with van der Waals surface area (Å²) in [4.78, 5) is 70.8. The highest BCUT2D eigenvalue weighted by Gasteiger charge is 2.35. The lowest BCUT2D eigenvalue weighted by atomic mass is 9.84. The lowest BCUT2D eigenvalue weighted by molar-refractivity contribution is -0.140. The molecule has 2 aromatic carbocycles. The van der Waals surface area contributed by atoms with Crippen LogP contribution in [-0.4, -0.2) is 91.5 Å². The molecule has 13 heteroatoms. The molecule has 4 aliphatic rings. The van der Waals surface area contributed by atoms with Crippen LogP contribution in [0, 0.1) is 17.8 Å². The second kappa shape index (κ2) is 19.8. The van der Waals surface area contributed by atoms with Gasteiger partial charge in [0, 0.05) is 19.4 Å². The highest BCUT2D eigenvalue weighted by Crippen LogP contribution is 2.30. The molecule has 2 saturated carbocycles. The molecule has 0 unspecified atom stereocenters. The van der Waals surface area contributed by atoms with E-state index in [1.807, 2.05) is 12.1 Å². The molecule has 13 nitrogen and oxygen atoms in total. The number of fused-ring (bicyclic) bond motifs is 17. The van der Waals surface area contributed by atoms with Crippen LogP contribution in [0.5, 0.6) is 11.5 Å². The number of hydrogen-bond acceptors (Lipinski definition) is 8. The molecule has 0 radical (unpaired) electrons. The van der Waals surface area contributed by atoms with E-state index in [4.69, 9.17) is 15.2 Å². The fourth-order valence-electron chi connectivity index (χ4n) is 7.50. The van der Waals surface area contributed by atoms with Crippen LogP contribution in [0.2, 0.25) is 0 Å². The van der Waals surface area contributed by atoms with Crippen molar-refractivity contribution in [2.75, 3.05) is 26.8 Å². The van der Waals surface area contributed by atoms with E-state index in [1.54, 1.807) is 50.4 Å². The van der Waals surface area contributed by atoms with E-state index in [-0.39, 0.29) is 49.8 Å². The summed E-state index contributed by atoms with van der Waals surface area (Å²) in [7, 11) is 1.56. The number of methoxy groups -OCH3 is 1. The molecule has 2 bridgehead atoms. The number of rotatable bonds is 10. The molecular weight excluding hydrogens is 700 g/mol. The maximum atomic E-state index is 14.3. The van der Waals surface area contributed by atoms with Crippen molar-refractivity contribution in [3.8, 4) is 11.5 Å². The normalized spacial score (nSPS) is 24.3. The third-order valence-electron chi connectivity index (χ3n) is 10.8. The minimum Gasteiger partial charge on any atom is -0.497 e. The van der Waals surface area contributed by atoms with Gasteiger partial charge in [0.2, 0.25) is 29.5 Å². The SMILES string of the molecule is COc1ccc(C[C@@H]2NC(=O)[C@@H](NC(=O)[C@@H](N)C3CCCCC3)Cc3ccc(cc3)OC[C@H](CC(C)C)NC(=O)CN(CC3CC3)C(=O)[C@@H](C)NC2=O)cc1. The van der Waals surface area contributed by atoms with Crippen LogP contribution in [0.1, 0.15) is 83.3 Å². The molecular formula is C42H60N6O7. The number of hydrogen-bond donors (Lipinski definition) is 5. The Morgan fingerprint density at radius 1 is 0.927 bits per heavy atom. The lowest BCUT2D eigenvalue weighted by Crippen LogP contribution is -2.59. The Balaban J connectivity index is 1.45. The molecule has 0 spiro atoms. The van der Waals surface area contributed by atoms with Gasteiger partial charge in [0.25, 0.3) is 0 Å². The minimum absolute atomic E-state index is 0.0251. The number of carbonyl (C=O) groups is 5. The predicted octanol–water partition coefficient (Wildman–Crippen LogP) is 3.02. The molecule has 2 aliphatic carbocycles. The van der Waals surface area contributed by atoms with Gasteiger partial charge in [-0.2, -0.15) is 0 Å². The predicted molar refractivity (Wildman–Crippen MR) is 209 cm³/mol. The van der Waals surface area contributed by atoms with Gasteiger partial charge in [-0.15, -0.1) is 0 Å². The number of nitrogens with zero attached hydrogens (tertiary/aromatic N) is 1. The van der Waals surface area contributed by atoms with Gasteiger partial charge in [0.05, 0.1) is 25.7 Å². The highest BCUT2D eigenvalue weighted by molar-refractivity contribution is 5.95. The Bertz CT molecular complexity index is 1610. The van der Waals surface area contributed by atoms with E-state index in [0.29, 0.717) is 30.4 Å². The minimum atomic E-state index is -1.11. The summed E-state index contributed by atoms with van der Waals surface area (Å²) in [5, 5.41) is 11.7. The van der Waals surface area contributed by atoms with Crippen LogP contribution in [0.4, 0.5) is 0 Å². The third-order valence-corrected chi connectivity index (χ3v) is 10.8. The number of carbonyl (C=O) groups excluding carboxylic acids is 5. The molecule has 2 heterocycles. The van der Waals surface area contributed by atoms with Gasteiger partial charge in [-0.1, -0.05) is 57.4 Å². The molecule has 5 atom stereocenters. The van der Waals surface area contributed by atoms with Crippen molar-refractivity contribution in [2.45, 2.75) is 115 Å². The Hall–Kier alpha value is -4.65. The van der Waals surface area contributed by atoms with Crippen molar-refractivity contribution in [2.24, 2.45) is 23.5 Å². The molecule has 0 saturated heterocycles. The van der Waals surface area contributed by atoms with Crippen LogP contribution < -0.4 is 36.5 Å². The van der Waals surface area contributed by atoms with Crippen molar-refractivity contribution in [3.63, 3.8) is 0 Å². The van der Waals surface area contributed by atoms with Crippen LogP contribution in [0.15, 0.2) is 48.5 Å². The zero-order valence-corrected chi connectivity index (χ0v) is 32.8. The van der Waals surface area contributed by atoms with Crippen molar-refractivity contribution in [1.82, 2.24) is 26.2 Å². The fourth-order valence-corrected chi connectivity index (χ4v) is 7.50. The van der Waals surface area contributed by atoms with Crippen molar-refractivity contribution in [1.29, 1.82) is 0 Å². The molecule has 5 amide bonds. The smallest absolute Gasteiger partial charge is 0.245 e. The molecule has 2 fully saturated rings. The summed E-state index contributed by atoms with van der Waals surface area (Å²) < 4.78 is 11.4. The molecule has 2 aromatic rings. The summed E-state index contributed by atoms with van der Waals surface area (Å²) in [6, 6.07) is 10.2. The van der Waals surface area contributed by atoms with E-state index in [2.05, 4.69) is 35.1 Å². The first kappa shape index (κ1) is 41.5. The first-order valence-corrected chi connectivity index (χ1v) is 20.0. The Kier molecular flexibility index (Phi) is 14.9. The quantitative estimate of drug-likeness (QED) is 0.229. The van der Waals surface area contributed by atoms with Gasteiger partial charge in [0.1, 0.15) is 36.2 Å². The number of ether oxygens (including phenoxy) is 2. The fraction of sp³-hybridized carbons (Fsp3) is 0.595. The topological polar surface area (TPSA) is 181 Å². The maximum absolute atomic E-state index is 14.3. The molecule has 55 heavy (non-hydrogen) atoms. The van der Waals surface area contributed by atoms with E-state index in [9.17, 15) is 24.0 Å². The van der Waals surface area contributed by atoms with Gasteiger partial charge in [-0.3, -0.25) is 24.0 Å². The second-order valence-electron chi connectivity index (χ2n) is 16.0. The molecule has 300 valence electrons. The van der Waals surface area contributed by atoms with E-state index in [1.165, 1.54) is 4.90 Å². The summed E-state index contributed by atoms with van der Waals surface area (Å²) in [5.41, 5.74) is 7.99. The Labute approximate surface area is 325 Å². The van der Waals surface area contributed by atoms with Gasteiger partial charge in [0.15, 0.2) is 0 Å². The highest BCUT2D eigenvalue weighted by atomic mass is 16.5. The molecule has 6 N–H and O–H groups in total. The van der Waals surface area contributed by atoms with Crippen molar-refractivity contribution >= 4 is 29.5 Å². The van der Waals surface area contributed by atoms with Crippen molar-refractivity contribution in [3.05, 3.63) is 59.7 Å². The van der Waals surface area contributed by atoms with Crippen LogP contribution >= 0.6 is 0 Å². The average Bonchev–Trinajstić information content (AvgIpc) is 4.00. The van der Waals surface area contributed by atoms with Crippen LogP contribution in [-0.2, 0) is 36.8 Å². The standard InChI is InChI=1S/C42H60N6O7/c1-26(2)20-32-25-55-34-18-14-29(15-19-34)22-36(47-41(52)38(43)31-8-6-5-7-9-31)40(51)46-35(21-28-12-16-33(54-4)17-13-28)39(50)44-27(3)42(53)48(23-30-10-11-30)24-37(49)45-32/h12-19,26-27,30-32,35-36,38H,5-11,20-25,43H2,1-4H3,(H,44,50)(H,45,49)(H,46,51)(H,47,52)/t27-,32+,35+,36+,38+/m1/s1. The molecule has 6 rings (SSSR count). The lowest BCUT2D eigenvalue weighted by Gasteiger charge is -2.30. The van der Waals surface area contributed by atoms with Crippen LogP contribution in [0.3, 0.4) is 0 Å². The number of nitrogens with two attached hydrogens (primary N) is 1. The first-order chi connectivity index (χ1) is 26.4. The zero-order chi connectivity index (χ0) is 39.5. The Morgan fingerprint density at radius 3 is 2.25 bits per heavy atom. The number of benzene rings is 2. The first-order valence-electron chi connectivity index (χ1n) is 20.0. The largest absolute Gasteiger partial charge is 0.497 e. The summed E-state index contributed by atoms with van der Waals surface area (Å²) in [6.45, 7) is 6.20. The monoisotopic (exact) mass is 760 g/mol. The second-order valence-corrected chi connectivity index (χ2v) is 16.0. The van der Waals surface area contributed by atoms with E-state index < -0.39 is 47.8 Å². The summed E-state index contributed by atoms with van der Waals surface area (Å²) in [6.07, 6.45) is 7.67. The summed E-state index contributed by atoms with van der Waals surface area (Å²) >= 11 is 0. The average molecular weight is 761 g/mol. The number of amides is 5. The van der Waals surface area contributed by atoms with E-state index >= 15 is 0 Å². The third kappa shape index (κ3) is 12.7. The Morgan fingerprint density at radius 2 is 1.62 bits per heavy atom. The molecule has 2 aliphatic heterocycles. The van der Waals surface area contributed by atoms with Gasteiger partial charge < -0.3 is 41.4 Å². The van der Waals surface area contributed by atoms with Gasteiger partial charge >= 0.3 is 0 Å². The maximum Gasteiger partial charge on any atom is 0.245 e. The van der Waals surface area contributed by atoms with Crippen molar-refractivity contribution < 1.29 is 33.4 Å². The van der Waals surface area contributed by atoms with Gasteiger partial charge in [-0.25, -0.2) is 0 Å². The van der Waals surface area contributed by atoms with Gasteiger partial charge in [-0.05, 0) is 92.2 Å². The molecule has 0 aromatic heterocycles.